The van der Waals surface area contributed by atoms with Gasteiger partial charge in [0, 0.05) is 10.6 Å². The molecule has 0 radical (unpaired) electrons. The zero-order valence-electron chi connectivity index (χ0n) is 11.9. The van der Waals surface area contributed by atoms with E-state index in [0.717, 1.165) is 5.69 Å². The normalized spacial score (nSPS) is 11.0. The Morgan fingerprint density at radius 2 is 1.96 bits per heavy atom. The molecule has 1 aromatic heterocycles. The summed E-state index contributed by atoms with van der Waals surface area (Å²) in [6.45, 7) is 0. The summed E-state index contributed by atoms with van der Waals surface area (Å²) in [6, 6.07) is 10.9. The van der Waals surface area contributed by atoms with Gasteiger partial charge in [-0.2, -0.15) is 5.10 Å². The predicted octanol–water partition coefficient (Wildman–Crippen LogP) is 3.96. The Labute approximate surface area is 136 Å². The van der Waals surface area contributed by atoms with Gasteiger partial charge in [0.15, 0.2) is 5.78 Å². The van der Waals surface area contributed by atoms with Crippen LogP contribution in [0.2, 0.25) is 5.02 Å². The van der Waals surface area contributed by atoms with Crippen molar-refractivity contribution >= 4 is 23.5 Å². The van der Waals surface area contributed by atoms with Gasteiger partial charge >= 0.3 is 0 Å². The maximum atomic E-state index is 13.2. The fraction of sp³-hybridized carbons (Fsp3) is 0. The second-order valence-electron chi connectivity index (χ2n) is 4.75. The van der Waals surface area contributed by atoms with Crippen LogP contribution in [0.5, 0.6) is 0 Å². The average Bonchev–Trinajstić information content (AvgIpc) is 3.10. The molecule has 0 fully saturated rings. The van der Waals surface area contributed by atoms with E-state index in [-0.39, 0.29) is 5.78 Å². The zero-order chi connectivity index (χ0) is 16.2. The number of nitrogens with zero attached hydrogens (tertiary/aromatic N) is 3. The minimum absolute atomic E-state index is 0.199. The van der Waals surface area contributed by atoms with E-state index in [0.29, 0.717) is 16.1 Å². The standard InChI is InChI=1S/C17H11ClFN3O/c18-16-7-4-14(19)9-13(16)3-8-17(23)12-1-5-15(6-2-12)22-11-20-10-21-22/h1-11H/b8-3+. The van der Waals surface area contributed by atoms with Crippen LogP contribution >= 0.6 is 11.6 Å². The summed E-state index contributed by atoms with van der Waals surface area (Å²) < 4.78 is 14.8. The monoisotopic (exact) mass is 327 g/mol. The number of rotatable bonds is 4. The fourth-order valence-electron chi connectivity index (χ4n) is 2.02. The van der Waals surface area contributed by atoms with Crippen LogP contribution in [0.15, 0.2) is 61.2 Å². The minimum Gasteiger partial charge on any atom is -0.289 e. The molecule has 0 aliphatic heterocycles. The van der Waals surface area contributed by atoms with Gasteiger partial charge < -0.3 is 0 Å². The summed E-state index contributed by atoms with van der Waals surface area (Å²) in [5.41, 5.74) is 1.77. The molecule has 0 bridgehead atoms. The fourth-order valence-corrected chi connectivity index (χ4v) is 2.20. The number of ketones is 1. The summed E-state index contributed by atoms with van der Waals surface area (Å²) in [5, 5.41) is 4.40. The molecule has 0 aliphatic rings. The first kappa shape index (κ1) is 15.1. The van der Waals surface area contributed by atoms with Gasteiger partial charge in [-0.05, 0) is 60.2 Å². The largest absolute Gasteiger partial charge is 0.289 e. The third kappa shape index (κ3) is 3.52. The SMILES string of the molecule is O=C(/C=C/c1cc(F)ccc1Cl)c1ccc(-n2cncn2)cc1. The summed E-state index contributed by atoms with van der Waals surface area (Å²) >= 11 is 5.96. The van der Waals surface area contributed by atoms with Crippen LogP contribution < -0.4 is 0 Å². The van der Waals surface area contributed by atoms with Crippen LogP contribution in [0.25, 0.3) is 11.8 Å². The first-order valence-electron chi connectivity index (χ1n) is 6.76. The van der Waals surface area contributed by atoms with Crippen LogP contribution in [-0.2, 0) is 0 Å². The molecule has 4 nitrogen and oxygen atoms in total. The highest BCUT2D eigenvalue weighted by molar-refractivity contribution is 6.32. The van der Waals surface area contributed by atoms with Gasteiger partial charge in [0.1, 0.15) is 18.5 Å². The van der Waals surface area contributed by atoms with Crippen LogP contribution in [-0.4, -0.2) is 20.5 Å². The lowest BCUT2D eigenvalue weighted by atomic mass is 10.1. The van der Waals surface area contributed by atoms with Crippen molar-refractivity contribution in [1.29, 1.82) is 0 Å². The number of carbonyl (C=O) groups is 1. The van der Waals surface area contributed by atoms with Crippen molar-refractivity contribution < 1.29 is 9.18 Å². The quantitative estimate of drug-likeness (QED) is 0.538. The smallest absolute Gasteiger partial charge is 0.185 e. The molecule has 3 aromatic rings. The molecule has 0 unspecified atom stereocenters. The molecule has 1 heterocycles. The van der Waals surface area contributed by atoms with E-state index in [9.17, 15) is 9.18 Å². The molecule has 0 N–H and O–H groups in total. The first-order chi connectivity index (χ1) is 11.1. The van der Waals surface area contributed by atoms with Gasteiger partial charge in [0.25, 0.3) is 0 Å². The highest BCUT2D eigenvalue weighted by Crippen LogP contribution is 2.19. The lowest BCUT2D eigenvalue weighted by Gasteiger charge is -2.02. The highest BCUT2D eigenvalue weighted by atomic mass is 35.5. The van der Waals surface area contributed by atoms with E-state index in [1.807, 2.05) is 0 Å². The minimum atomic E-state index is -0.404. The number of allylic oxidation sites excluding steroid dienone is 1. The first-order valence-corrected chi connectivity index (χ1v) is 7.14. The Morgan fingerprint density at radius 1 is 1.17 bits per heavy atom. The summed E-state index contributed by atoms with van der Waals surface area (Å²) in [4.78, 5) is 16.0. The molecule has 0 saturated carbocycles. The Balaban J connectivity index is 1.78. The van der Waals surface area contributed by atoms with Crippen molar-refractivity contribution in [1.82, 2.24) is 14.8 Å². The van der Waals surface area contributed by atoms with Crippen molar-refractivity contribution in [3.05, 3.63) is 83.2 Å². The Bertz CT molecular complexity index is 858. The molecule has 114 valence electrons. The summed E-state index contributed by atoms with van der Waals surface area (Å²) in [5.74, 6) is -0.603. The molecule has 0 atom stereocenters. The Kier molecular flexibility index (Phi) is 4.30. The van der Waals surface area contributed by atoms with Crippen LogP contribution in [0.3, 0.4) is 0 Å². The number of carbonyl (C=O) groups excluding carboxylic acids is 1. The maximum absolute atomic E-state index is 13.2. The number of hydrogen-bond donors (Lipinski definition) is 0. The Hall–Kier alpha value is -2.79. The second-order valence-corrected chi connectivity index (χ2v) is 5.16. The van der Waals surface area contributed by atoms with Crippen LogP contribution in [0.1, 0.15) is 15.9 Å². The molecule has 0 aliphatic carbocycles. The number of benzene rings is 2. The number of hydrogen-bond acceptors (Lipinski definition) is 3. The lowest BCUT2D eigenvalue weighted by Crippen LogP contribution is -1.97. The van der Waals surface area contributed by atoms with Gasteiger partial charge in [-0.15, -0.1) is 0 Å². The molecule has 2 aromatic carbocycles. The molecule has 6 heteroatoms. The lowest BCUT2D eigenvalue weighted by molar-refractivity contribution is 0.104. The van der Waals surface area contributed by atoms with Gasteiger partial charge in [0.05, 0.1) is 5.69 Å². The number of aromatic nitrogens is 3. The topological polar surface area (TPSA) is 47.8 Å². The molecule has 0 amide bonds. The molecular weight excluding hydrogens is 317 g/mol. The van der Waals surface area contributed by atoms with Gasteiger partial charge in [-0.1, -0.05) is 11.6 Å². The predicted molar refractivity (Wildman–Crippen MR) is 86.1 cm³/mol. The summed E-state index contributed by atoms with van der Waals surface area (Å²) in [6.07, 6.45) is 5.87. The van der Waals surface area contributed by atoms with Gasteiger partial charge in [0.2, 0.25) is 0 Å². The van der Waals surface area contributed by atoms with Gasteiger partial charge in [-0.25, -0.2) is 14.1 Å². The average molecular weight is 328 g/mol. The molecule has 3 rings (SSSR count). The van der Waals surface area contributed by atoms with Crippen molar-refractivity contribution in [3.63, 3.8) is 0 Å². The molecule has 0 saturated heterocycles. The molecular formula is C17H11ClFN3O. The van der Waals surface area contributed by atoms with Crippen molar-refractivity contribution in [2.75, 3.05) is 0 Å². The van der Waals surface area contributed by atoms with Crippen molar-refractivity contribution in [3.8, 4) is 5.69 Å². The Morgan fingerprint density at radius 3 is 2.65 bits per heavy atom. The molecule has 0 spiro atoms. The van der Waals surface area contributed by atoms with E-state index < -0.39 is 5.82 Å². The van der Waals surface area contributed by atoms with E-state index in [1.54, 1.807) is 35.3 Å². The van der Waals surface area contributed by atoms with E-state index >= 15 is 0 Å². The highest BCUT2D eigenvalue weighted by Gasteiger charge is 2.04. The van der Waals surface area contributed by atoms with Crippen LogP contribution in [0.4, 0.5) is 4.39 Å². The second kappa shape index (κ2) is 6.54. The third-order valence-corrected chi connectivity index (χ3v) is 3.55. The van der Waals surface area contributed by atoms with Crippen molar-refractivity contribution in [2.24, 2.45) is 0 Å². The summed E-state index contributed by atoms with van der Waals surface area (Å²) in [7, 11) is 0. The third-order valence-electron chi connectivity index (χ3n) is 3.21. The van der Waals surface area contributed by atoms with Crippen LogP contribution in [0, 0.1) is 5.82 Å². The maximum Gasteiger partial charge on any atom is 0.185 e. The van der Waals surface area contributed by atoms with E-state index in [2.05, 4.69) is 10.1 Å². The van der Waals surface area contributed by atoms with E-state index in [4.69, 9.17) is 11.6 Å². The zero-order valence-corrected chi connectivity index (χ0v) is 12.6. The van der Waals surface area contributed by atoms with Crippen molar-refractivity contribution in [2.45, 2.75) is 0 Å². The molecule has 23 heavy (non-hydrogen) atoms. The number of halogens is 2. The van der Waals surface area contributed by atoms with Gasteiger partial charge in [-0.3, -0.25) is 4.79 Å². The van der Waals surface area contributed by atoms with E-state index in [1.165, 1.54) is 36.7 Å².